The molecule has 6 heteroatoms. The molecule has 2 aromatic carbocycles. The van der Waals surface area contributed by atoms with Gasteiger partial charge in [0.05, 0.1) is 12.4 Å². The van der Waals surface area contributed by atoms with Crippen molar-refractivity contribution in [3.05, 3.63) is 78.4 Å². The highest BCUT2D eigenvalue weighted by molar-refractivity contribution is 5.97. The van der Waals surface area contributed by atoms with E-state index in [2.05, 4.69) is 10.3 Å². The van der Waals surface area contributed by atoms with Crippen LogP contribution in [0.4, 0.5) is 5.69 Å². The molecule has 0 bridgehead atoms. The molecule has 1 aliphatic rings. The minimum atomic E-state index is -0.134. The van der Waals surface area contributed by atoms with Gasteiger partial charge in [0.2, 0.25) is 5.91 Å². The van der Waals surface area contributed by atoms with Gasteiger partial charge in [0.15, 0.2) is 0 Å². The van der Waals surface area contributed by atoms with Gasteiger partial charge in [-0.05, 0) is 55.3 Å². The summed E-state index contributed by atoms with van der Waals surface area (Å²) in [5.41, 5.74) is 3.47. The molecule has 0 spiro atoms. The number of nitrogens with one attached hydrogen (secondary N) is 1. The lowest BCUT2D eigenvalue weighted by Gasteiger charge is -2.17. The first kappa shape index (κ1) is 18.0. The molecule has 2 heterocycles. The first-order chi connectivity index (χ1) is 13.6. The Bertz CT molecular complexity index is 963. The third-order valence-electron chi connectivity index (χ3n) is 5.06. The summed E-state index contributed by atoms with van der Waals surface area (Å²) in [6, 6.07) is 15.1. The van der Waals surface area contributed by atoms with Gasteiger partial charge in [0, 0.05) is 42.3 Å². The second-order valence-corrected chi connectivity index (χ2v) is 6.95. The Morgan fingerprint density at radius 1 is 1.07 bits per heavy atom. The van der Waals surface area contributed by atoms with Gasteiger partial charge in [-0.2, -0.15) is 0 Å². The van der Waals surface area contributed by atoms with Crippen LogP contribution in [0.3, 0.4) is 0 Å². The molecule has 1 unspecified atom stereocenters. The van der Waals surface area contributed by atoms with Crippen LogP contribution in [-0.4, -0.2) is 27.9 Å². The monoisotopic (exact) mass is 374 g/mol. The SMILES string of the molecule is CC(NC(=O)c1ccc(N2CCCC2=O)cc1)c1ccc(-n2ccnc2)cc1. The number of nitrogens with zero attached hydrogens (tertiary/aromatic N) is 3. The normalized spacial score (nSPS) is 14.9. The smallest absolute Gasteiger partial charge is 0.251 e. The van der Waals surface area contributed by atoms with Crippen molar-refractivity contribution in [3.63, 3.8) is 0 Å². The van der Waals surface area contributed by atoms with E-state index in [1.807, 2.05) is 54.1 Å². The first-order valence-corrected chi connectivity index (χ1v) is 9.41. The fraction of sp³-hybridized carbons (Fsp3) is 0.227. The molecule has 1 saturated heterocycles. The Morgan fingerprint density at radius 2 is 1.79 bits per heavy atom. The minimum Gasteiger partial charge on any atom is -0.346 e. The Morgan fingerprint density at radius 3 is 2.39 bits per heavy atom. The second-order valence-electron chi connectivity index (χ2n) is 6.95. The van der Waals surface area contributed by atoms with Crippen LogP contribution in [0, 0.1) is 0 Å². The average molecular weight is 374 g/mol. The zero-order valence-corrected chi connectivity index (χ0v) is 15.7. The maximum Gasteiger partial charge on any atom is 0.251 e. The summed E-state index contributed by atoms with van der Waals surface area (Å²) in [4.78, 5) is 30.2. The van der Waals surface area contributed by atoms with Gasteiger partial charge in [0.25, 0.3) is 5.91 Å². The Labute approximate surface area is 163 Å². The quantitative estimate of drug-likeness (QED) is 0.743. The summed E-state index contributed by atoms with van der Waals surface area (Å²) in [5, 5.41) is 3.03. The van der Waals surface area contributed by atoms with Gasteiger partial charge in [-0.15, -0.1) is 0 Å². The highest BCUT2D eigenvalue weighted by atomic mass is 16.2. The molecule has 142 valence electrons. The van der Waals surface area contributed by atoms with Crippen molar-refractivity contribution in [2.24, 2.45) is 0 Å². The topological polar surface area (TPSA) is 67.2 Å². The maximum atomic E-state index is 12.6. The molecule has 1 aliphatic heterocycles. The molecule has 1 aromatic heterocycles. The molecule has 0 saturated carbocycles. The molecular formula is C22H22N4O2. The zero-order chi connectivity index (χ0) is 19.5. The number of hydrogen-bond acceptors (Lipinski definition) is 3. The minimum absolute atomic E-state index is 0.121. The Hall–Kier alpha value is -3.41. The van der Waals surface area contributed by atoms with E-state index in [-0.39, 0.29) is 17.9 Å². The Balaban J connectivity index is 1.40. The third-order valence-corrected chi connectivity index (χ3v) is 5.06. The first-order valence-electron chi connectivity index (χ1n) is 9.41. The summed E-state index contributed by atoms with van der Waals surface area (Å²) in [5.74, 6) is 0.00967. The molecule has 3 aromatic rings. The average Bonchev–Trinajstić information content (AvgIpc) is 3.40. The fourth-order valence-corrected chi connectivity index (χ4v) is 3.42. The van der Waals surface area contributed by atoms with Crippen molar-refractivity contribution >= 4 is 17.5 Å². The van der Waals surface area contributed by atoms with E-state index >= 15 is 0 Å². The van der Waals surface area contributed by atoms with Crippen molar-refractivity contribution in [1.82, 2.24) is 14.9 Å². The number of imidazole rings is 1. The summed E-state index contributed by atoms with van der Waals surface area (Å²) < 4.78 is 1.93. The summed E-state index contributed by atoms with van der Waals surface area (Å²) in [6.45, 7) is 2.71. The van der Waals surface area contributed by atoms with Crippen molar-refractivity contribution < 1.29 is 9.59 Å². The summed E-state index contributed by atoms with van der Waals surface area (Å²) in [6.07, 6.45) is 6.86. The number of aromatic nitrogens is 2. The summed E-state index contributed by atoms with van der Waals surface area (Å²) >= 11 is 0. The predicted octanol–water partition coefficient (Wildman–Crippen LogP) is 3.49. The highest BCUT2D eigenvalue weighted by Gasteiger charge is 2.21. The van der Waals surface area contributed by atoms with Crippen LogP contribution >= 0.6 is 0 Å². The van der Waals surface area contributed by atoms with Crippen molar-refractivity contribution in [2.45, 2.75) is 25.8 Å². The van der Waals surface area contributed by atoms with Crippen LogP contribution in [0.1, 0.15) is 41.7 Å². The van der Waals surface area contributed by atoms with E-state index in [9.17, 15) is 9.59 Å². The Kier molecular flexibility index (Phi) is 4.93. The molecular weight excluding hydrogens is 352 g/mol. The van der Waals surface area contributed by atoms with Gasteiger partial charge in [-0.1, -0.05) is 12.1 Å². The van der Waals surface area contributed by atoms with Gasteiger partial charge < -0.3 is 14.8 Å². The lowest BCUT2D eigenvalue weighted by molar-refractivity contribution is -0.117. The van der Waals surface area contributed by atoms with Crippen LogP contribution in [0.2, 0.25) is 0 Å². The number of anilines is 1. The van der Waals surface area contributed by atoms with E-state index < -0.39 is 0 Å². The predicted molar refractivity (Wildman–Crippen MR) is 107 cm³/mol. The standard InChI is InChI=1S/C22H22N4O2/c1-16(17-4-8-19(9-5-17)25-14-12-23-15-25)24-22(28)18-6-10-20(11-7-18)26-13-2-3-21(26)27/h4-12,14-16H,2-3,13H2,1H3,(H,24,28). The summed E-state index contributed by atoms with van der Waals surface area (Å²) in [7, 11) is 0. The van der Waals surface area contributed by atoms with E-state index in [0.717, 1.165) is 29.9 Å². The van der Waals surface area contributed by atoms with E-state index in [1.165, 1.54) is 0 Å². The van der Waals surface area contributed by atoms with Gasteiger partial charge in [-0.3, -0.25) is 9.59 Å². The van der Waals surface area contributed by atoms with Gasteiger partial charge >= 0.3 is 0 Å². The molecule has 1 fully saturated rings. The number of hydrogen-bond donors (Lipinski definition) is 1. The fourth-order valence-electron chi connectivity index (χ4n) is 3.42. The van der Waals surface area contributed by atoms with Gasteiger partial charge in [0.1, 0.15) is 0 Å². The van der Waals surface area contributed by atoms with Crippen LogP contribution in [0.5, 0.6) is 0 Å². The molecule has 0 radical (unpaired) electrons. The van der Waals surface area contributed by atoms with Crippen LogP contribution in [0.15, 0.2) is 67.3 Å². The number of carbonyl (C=O) groups is 2. The van der Waals surface area contributed by atoms with E-state index in [1.54, 1.807) is 29.6 Å². The van der Waals surface area contributed by atoms with Crippen molar-refractivity contribution in [3.8, 4) is 5.69 Å². The largest absolute Gasteiger partial charge is 0.346 e. The van der Waals surface area contributed by atoms with Crippen LogP contribution in [-0.2, 0) is 4.79 Å². The lowest BCUT2D eigenvalue weighted by atomic mass is 10.1. The van der Waals surface area contributed by atoms with Crippen LogP contribution < -0.4 is 10.2 Å². The molecule has 2 amide bonds. The van der Waals surface area contributed by atoms with E-state index in [0.29, 0.717) is 12.0 Å². The zero-order valence-electron chi connectivity index (χ0n) is 15.7. The maximum absolute atomic E-state index is 12.6. The van der Waals surface area contributed by atoms with E-state index in [4.69, 9.17) is 0 Å². The molecule has 1 N–H and O–H groups in total. The molecule has 6 nitrogen and oxygen atoms in total. The van der Waals surface area contributed by atoms with Gasteiger partial charge in [-0.25, -0.2) is 4.98 Å². The third kappa shape index (κ3) is 3.67. The highest BCUT2D eigenvalue weighted by Crippen LogP contribution is 2.22. The number of amides is 2. The number of rotatable bonds is 5. The number of benzene rings is 2. The molecule has 28 heavy (non-hydrogen) atoms. The molecule has 0 aliphatic carbocycles. The van der Waals surface area contributed by atoms with Crippen molar-refractivity contribution in [1.29, 1.82) is 0 Å². The second kappa shape index (κ2) is 7.68. The molecule has 4 rings (SSSR count). The molecule has 1 atom stereocenters. The lowest BCUT2D eigenvalue weighted by Crippen LogP contribution is -2.27. The number of carbonyl (C=O) groups excluding carboxylic acids is 2. The van der Waals surface area contributed by atoms with Crippen LogP contribution in [0.25, 0.3) is 5.69 Å². The van der Waals surface area contributed by atoms with Crippen molar-refractivity contribution in [2.75, 3.05) is 11.4 Å².